The van der Waals surface area contributed by atoms with Crippen LogP contribution in [0.1, 0.15) is 53.6 Å². The summed E-state index contributed by atoms with van der Waals surface area (Å²) in [6.45, 7) is 6.32. The molecule has 1 aliphatic rings. The van der Waals surface area contributed by atoms with E-state index in [9.17, 15) is 0 Å². The third-order valence-corrected chi connectivity index (χ3v) is 4.02. The first-order valence-corrected chi connectivity index (χ1v) is 7.05. The molecule has 2 nitrogen and oxygen atoms in total. The van der Waals surface area contributed by atoms with E-state index in [0.29, 0.717) is 6.04 Å². The Morgan fingerprint density at radius 1 is 1.21 bits per heavy atom. The SMILES string of the molecule is Cc1ccc2c(c1)C(NC(C)c1ccc(C)o1)CC2. The second kappa shape index (κ2) is 4.86. The van der Waals surface area contributed by atoms with Crippen molar-refractivity contribution in [2.75, 3.05) is 0 Å². The number of hydrogen-bond donors (Lipinski definition) is 1. The van der Waals surface area contributed by atoms with Crippen molar-refractivity contribution >= 4 is 0 Å². The van der Waals surface area contributed by atoms with E-state index in [1.165, 1.54) is 29.5 Å². The van der Waals surface area contributed by atoms with Crippen LogP contribution < -0.4 is 5.32 Å². The summed E-state index contributed by atoms with van der Waals surface area (Å²) in [5, 5.41) is 3.70. The molecule has 0 fully saturated rings. The van der Waals surface area contributed by atoms with Crippen molar-refractivity contribution in [2.24, 2.45) is 0 Å². The predicted octanol–water partition coefficient (Wildman–Crippen LogP) is 4.23. The molecule has 2 heteroatoms. The Hall–Kier alpha value is -1.54. The number of hydrogen-bond acceptors (Lipinski definition) is 2. The molecule has 0 saturated carbocycles. The Bertz CT molecular complexity index is 585. The van der Waals surface area contributed by atoms with Crippen LogP contribution in [-0.4, -0.2) is 0 Å². The number of rotatable bonds is 3. The van der Waals surface area contributed by atoms with Crippen LogP contribution in [0.4, 0.5) is 0 Å². The van der Waals surface area contributed by atoms with Crippen molar-refractivity contribution in [3.63, 3.8) is 0 Å². The fourth-order valence-electron chi connectivity index (χ4n) is 2.96. The quantitative estimate of drug-likeness (QED) is 0.887. The second-order valence-electron chi connectivity index (χ2n) is 5.63. The molecule has 0 aliphatic heterocycles. The Morgan fingerprint density at radius 3 is 2.79 bits per heavy atom. The molecule has 1 aliphatic carbocycles. The minimum Gasteiger partial charge on any atom is -0.465 e. The normalized spacial score (nSPS) is 19.4. The monoisotopic (exact) mass is 255 g/mol. The molecular formula is C17H21NO. The van der Waals surface area contributed by atoms with E-state index >= 15 is 0 Å². The van der Waals surface area contributed by atoms with Gasteiger partial charge in [0.1, 0.15) is 11.5 Å². The maximum Gasteiger partial charge on any atom is 0.120 e. The van der Waals surface area contributed by atoms with E-state index < -0.39 is 0 Å². The summed E-state index contributed by atoms with van der Waals surface area (Å²) in [5.41, 5.74) is 4.30. The summed E-state index contributed by atoms with van der Waals surface area (Å²) >= 11 is 0. The highest BCUT2D eigenvalue weighted by Crippen LogP contribution is 2.33. The minimum atomic E-state index is 0.255. The summed E-state index contributed by atoms with van der Waals surface area (Å²) < 4.78 is 5.70. The molecular weight excluding hydrogens is 234 g/mol. The van der Waals surface area contributed by atoms with Gasteiger partial charge in [-0.25, -0.2) is 0 Å². The fourth-order valence-corrected chi connectivity index (χ4v) is 2.96. The molecule has 0 saturated heterocycles. The van der Waals surface area contributed by atoms with Gasteiger partial charge in [-0.15, -0.1) is 0 Å². The summed E-state index contributed by atoms with van der Waals surface area (Å²) in [4.78, 5) is 0. The number of aryl methyl sites for hydroxylation is 3. The zero-order valence-electron chi connectivity index (χ0n) is 11.9. The van der Waals surface area contributed by atoms with Gasteiger partial charge in [-0.3, -0.25) is 0 Å². The molecule has 2 atom stereocenters. The average Bonchev–Trinajstić information content (AvgIpc) is 2.97. The fraction of sp³-hybridized carbons (Fsp3) is 0.412. The summed E-state index contributed by atoms with van der Waals surface area (Å²) in [6, 6.07) is 11.6. The van der Waals surface area contributed by atoms with E-state index in [0.717, 1.165) is 11.5 Å². The molecule has 100 valence electrons. The van der Waals surface area contributed by atoms with Crippen LogP contribution in [0, 0.1) is 13.8 Å². The average molecular weight is 255 g/mol. The van der Waals surface area contributed by atoms with Crippen LogP contribution in [0.25, 0.3) is 0 Å². The highest BCUT2D eigenvalue weighted by molar-refractivity contribution is 5.37. The Morgan fingerprint density at radius 2 is 2.05 bits per heavy atom. The van der Waals surface area contributed by atoms with Crippen molar-refractivity contribution in [3.8, 4) is 0 Å². The van der Waals surface area contributed by atoms with Gasteiger partial charge in [-0.05, 0) is 56.9 Å². The molecule has 0 spiro atoms. The Kier molecular flexibility index (Phi) is 3.19. The van der Waals surface area contributed by atoms with Gasteiger partial charge in [0.25, 0.3) is 0 Å². The lowest BCUT2D eigenvalue weighted by Gasteiger charge is -2.19. The first-order chi connectivity index (χ1) is 9.13. The van der Waals surface area contributed by atoms with Crippen LogP contribution >= 0.6 is 0 Å². The van der Waals surface area contributed by atoms with E-state index in [4.69, 9.17) is 4.42 Å². The van der Waals surface area contributed by atoms with Crippen molar-refractivity contribution in [1.29, 1.82) is 0 Å². The third kappa shape index (κ3) is 2.45. The number of fused-ring (bicyclic) bond motifs is 1. The van der Waals surface area contributed by atoms with E-state index in [2.05, 4.69) is 43.4 Å². The molecule has 19 heavy (non-hydrogen) atoms. The maximum absolute atomic E-state index is 5.70. The first-order valence-electron chi connectivity index (χ1n) is 7.05. The molecule has 2 unspecified atom stereocenters. The van der Waals surface area contributed by atoms with Gasteiger partial charge in [0.2, 0.25) is 0 Å². The first kappa shape index (κ1) is 12.5. The van der Waals surface area contributed by atoms with Crippen LogP contribution in [0.2, 0.25) is 0 Å². The number of furan rings is 1. The lowest BCUT2D eigenvalue weighted by atomic mass is 10.0. The van der Waals surface area contributed by atoms with Crippen LogP contribution in [0.5, 0.6) is 0 Å². The molecule has 1 heterocycles. The van der Waals surface area contributed by atoms with Crippen LogP contribution in [-0.2, 0) is 6.42 Å². The van der Waals surface area contributed by atoms with E-state index in [1.54, 1.807) is 0 Å². The summed E-state index contributed by atoms with van der Waals surface area (Å²) in [6.07, 6.45) is 2.36. The van der Waals surface area contributed by atoms with Gasteiger partial charge in [0, 0.05) is 6.04 Å². The molecule has 0 amide bonds. The minimum absolute atomic E-state index is 0.255. The Balaban J connectivity index is 1.77. The zero-order valence-corrected chi connectivity index (χ0v) is 11.9. The van der Waals surface area contributed by atoms with Crippen LogP contribution in [0.15, 0.2) is 34.7 Å². The van der Waals surface area contributed by atoms with Crippen molar-refractivity contribution < 1.29 is 4.42 Å². The van der Waals surface area contributed by atoms with Gasteiger partial charge in [0.15, 0.2) is 0 Å². The zero-order chi connectivity index (χ0) is 13.4. The van der Waals surface area contributed by atoms with Crippen molar-refractivity contribution in [3.05, 3.63) is 58.5 Å². The lowest BCUT2D eigenvalue weighted by Crippen LogP contribution is -2.22. The van der Waals surface area contributed by atoms with Gasteiger partial charge >= 0.3 is 0 Å². The Labute approximate surface area is 114 Å². The van der Waals surface area contributed by atoms with Crippen molar-refractivity contribution in [1.82, 2.24) is 5.32 Å². The summed E-state index contributed by atoms with van der Waals surface area (Å²) in [7, 11) is 0. The smallest absolute Gasteiger partial charge is 0.120 e. The van der Waals surface area contributed by atoms with Crippen LogP contribution in [0.3, 0.4) is 0 Å². The maximum atomic E-state index is 5.70. The molecule has 1 aromatic heterocycles. The molecule has 2 aromatic rings. The van der Waals surface area contributed by atoms with Gasteiger partial charge in [-0.2, -0.15) is 0 Å². The third-order valence-electron chi connectivity index (χ3n) is 4.02. The van der Waals surface area contributed by atoms with E-state index in [1.807, 2.05) is 13.0 Å². The predicted molar refractivity (Wildman–Crippen MR) is 77.2 cm³/mol. The number of benzene rings is 1. The molecule has 0 bridgehead atoms. The largest absolute Gasteiger partial charge is 0.465 e. The lowest BCUT2D eigenvalue weighted by molar-refractivity contribution is 0.382. The standard InChI is InChI=1S/C17H21NO/c1-11-4-6-14-7-8-16(15(14)10-11)18-13(3)17-9-5-12(2)19-17/h4-6,9-10,13,16,18H,7-8H2,1-3H3. The van der Waals surface area contributed by atoms with Gasteiger partial charge < -0.3 is 9.73 Å². The van der Waals surface area contributed by atoms with Crippen molar-refractivity contribution in [2.45, 2.75) is 45.7 Å². The molecule has 0 radical (unpaired) electrons. The van der Waals surface area contributed by atoms with Gasteiger partial charge in [0.05, 0.1) is 6.04 Å². The van der Waals surface area contributed by atoms with E-state index in [-0.39, 0.29) is 6.04 Å². The molecule has 3 rings (SSSR count). The second-order valence-corrected chi connectivity index (χ2v) is 5.63. The molecule has 1 N–H and O–H groups in total. The number of nitrogens with one attached hydrogen (secondary N) is 1. The highest BCUT2D eigenvalue weighted by Gasteiger charge is 2.24. The van der Waals surface area contributed by atoms with Gasteiger partial charge in [-0.1, -0.05) is 23.8 Å². The topological polar surface area (TPSA) is 25.2 Å². The molecule has 1 aromatic carbocycles. The summed E-state index contributed by atoms with van der Waals surface area (Å²) in [5.74, 6) is 2.00. The highest BCUT2D eigenvalue weighted by atomic mass is 16.3.